The first kappa shape index (κ1) is 22.3. The number of anilines is 1. The number of carbonyl (C=O) groups excluding carboxylic acids is 1. The number of nitrogens with zero attached hydrogens (tertiary/aromatic N) is 3. The Morgan fingerprint density at radius 3 is 2.94 bits per heavy atom. The number of hydrogen-bond acceptors (Lipinski definition) is 7. The van der Waals surface area contributed by atoms with Gasteiger partial charge in [0.05, 0.1) is 35.7 Å². The van der Waals surface area contributed by atoms with E-state index in [1.807, 2.05) is 41.3 Å². The summed E-state index contributed by atoms with van der Waals surface area (Å²) in [5, 5.41) is 0. The number of hydrogen-bond donors (Lipinski definition) is 2. The molecule has 1 aromatic heterocycles. The second-order valence-electron chi connectivity index (χ2n) is 8.71. The molecule has 174 valence electrons. The van der Waals surface area contributed by atoms with E-state index in [2.05, 4.69) is 33.2 Å². The van der Waals surface area contributed by atoms with Crippen LogP contribution in [0.25, 0.3) is 11.3 Å². The van der Waals surface area contributed by atoms with Crippen molar-refractivity contribution in [3.63, 3.8) is 0 Å². The molecule has 0 unspecified atom stereocenters. The van der Waals surface area contributed by atoms with Gasteiger partial charge in [-0.2, -0.15) is 4.40 Å². The molecule has 0 bridgehead atoms. The maximum Gasteiger partial charge on any atom is 0.253 e. The number of aromatic nitrogens is 1. The summed E-state index contributed by atoms with van der Waals surface area (Å²) >= 11 is 1.21. The number of nitrogens with two attached hydrogens (primary N) is 1. The van der Waals surface area contributed by atoms with Gasteiger partial charge in [-0.3, -0.25) is 9.78 Å². The molecule has 0 aliphatic carbocycles. The average Bonchev–Trinajstić information content (AvgIpc) is 2.88. The fourth-order valence-corrected chi connectivity index (χ4v) is 4.89. The minimum atomic E-state index is 0.0372. The fraction of sp³-hybridized carbons (Fsp3) is 0.269. The van der Waals surface area contributed by atoms with Crippen LogP contribution >= 0.6 is 12.1 Å². The van der Waals surface area contributed by atoms with E-state index in [1.165, 1.54) is 17.7 Å². The molecule has 7 nitrogen and oxygen atoms in total. The van der Waals surface area contributed by atoms with Crippen LogP contribution in [-0.2, 0) is 0 Å². The highest BCUT2D eigenvalue weighted by atomic mass is 32.2. The summed E-state index contributed by atoms with van der Waals surface area (Å²) in [4.78, 5) is 19.7. The molecule has 0 saturated carbocycles. The molecule has 3 aromatic rings. The summed E-state index contributed by atoms with van der Waals surface area (Å²) in [7, 11) is 0. The number of likely N-dealkylation sites (tertiary alicyclic amines) is 1. The van der Waals surface area contributed by atoms with Gasteiger partial charge in [-0.1, -0.05) is 35.9 Å². The van der Waals surface area contributed by atoms with Gasteiger partial charge in [0.15, 0.2) is 0 Å². The van der Waals surface area contributed by atoms with Crippen LogP contribution in [0.2, 0.25) is 0 Å². The van der Waals surface area contributed by atoms with E-state index in [0.29, 0.717) is 30.3 Å². The Kier molecular flexibility index (Phi) is 6.40. The van der Waals surface area contributed by atoms with Gasteiger partial charge in [-0.25, -0.2) is 0 Å². The van der Waals surface area contributed by atoms with Gasteiger partial charge in [-0.15, -0.1) is 0 Å². The monoisotopic (exact) mass is 473 g/mol. The zero-order valence-corrected chi connectivity index (χ0v) is 19.8. The Bertz CT molecular complexity index is 1230. The molecule has 1 amide bonds. The van der Waals surface area contributed by atoms with Crippen molar-refractivity contribution in [2.24, 2.45) is 16.0 Å². The van der Waals surface area contributed by atoms with Crippen molar-refractivity contribution in [3.8, 4) is 17.0 Å². The number of carbonyl (C=O) groups is 1. The number of rotatable bonds is 5. The van der Waals surface area contributed by atoms with Crippen LogP contribution in [0.15, 0.2) is 65.2 Å². The molecule has 0 radical (unpaired) electrons. The number of amides is 1. The largest absolute Gasteiger partial charge is 0.492 e. The minimum Gasteiger partial charge on any atom is -0.492 e. The molecule has 1 fully saturated rings. The van der Waals surface area contributed by atoms with Crippen LogP contribution in [0.4, 0.5) is 5.69 Å². The van der Waals surface area contributed by atoms with Crippen molar-refractivity contribution in [1.29, 1.82) is 0 Å². The molecule has 2 aliphatic heterocycles. The van der Waals surface area contributed by atoms with E-state index >= 15 is 0 Å². The highest BCUT2D eigenvalue weighted by molar-refractivity contribution is 7.99. The van der Waals surface area contributed by atoms with Crippen molar-refractivity contribution >= 4 is 29.6 Å². The molecule has 1 saturated heterocycles. The molecule has 3 N–H and O–H groups in total. The lowest BCUT2D eigenvalue weighted by Crippen LogP contribution is -2.41. The van der Waals surface area contributed by atoms with Crippen LogP contribution in [0.5, 0.6) is 5.75 Å². The van der Waals surface area contributed by atoms with Crippen molar-refractivity contribution in [2.75, 3.05) is 24.4 Å². The third-order valence-electron chi connectivity index (χ3n) is 6.22. The number of nitrogens with one attached hydrogen (secondary N) is 1. The van der Waals surface area contributed by atoms with E-state index in [1.54, 1.807) is 12.3 Å². The predicted octanol–water partition coefficient (Wildman–Crippen LogP) is 4.68. The maximum absolute atomic E-state index is 13.3. The van der Waals surface area contributed by atoms with Crippen LogP contribution in [-0.4, -0.2) is 41.3 Å². The second-order valence-corrected chi connectivity index (χ2v) is 9.28. The number of piperidine rings is 1. The summed E-state index contributed by atoms with van der Waals surface area (Å²) < 4.78 is 13.5. The maximum atomic E-state index is 13.3. The molecule has 1 atom stereocenters. The van der Waals surface area contributed by atoms with E-state index in [0.717, 1.165) is 41.9 Å². The van der Waals surface area contributed by atoms with E-state index in [9.17, 15) is 4.79 Å². The summed E-state index contributed by atoms with van der Waals surface area (Å²) in [6.07, 6.45) is 3.68. The fourth-order valence-electron chi connectivity index (χ4n) is 4.39. The lowest BCUT2D eigenvalue weighted by molar-refractivity contribution is 0.0633. The topological polar surface area (TPSA) is 92.8 Å². The van der Waals surface area contributed by atoms with Crippen LogP contribution in [0.1, 0.15) is 34.3 Å². The molecule has 2 aromatic carbocycles. The molecule has 2 aliphatic rings. The number of pyridine rings is 1. The summed E-state index contributed by atoms with van der Waals surface area (Å²) in [6, 6.07) is 17.7. The standard InChI is InChI=1S/C26H27N5O2S/c1-17-7-9-19(10-8-17)22-14-20(11-12-28-22)26(32)31-13-3-4-18(15-31)16-33-23-6-2-5-21-24(23)25(27)30-34-29-21/h2,5-12,14,18,29H,3-4,13,15-16H2,1H3,(H2,27,30)/t18-/m0/s1. The highest BCUT2D eigenvalue weighted by Gasteiger charge is 2.26. The van der Waals surface area contributed by atoms with Gasteiger partial charge >= 0.3 is 0 Å². The van der Waals surface area contributed by atoms with Gasteiger partial charge in [-0.05, 0) is 44.0 Å². The van der Waals surface area contributed by atoms with Crippen molar-refractivity contribution in [1.82, 2.24) is 9.88 Å². The van der Waals surface area contributed by atoms with Gasteiger partial charge in [0.2, 0.25) is 0 Å². The number of aryl methyl sites for hydroxylation is 1. The summed E-state index contributed by atoms with van der Waals surface area (Å²) in [5.41, 5.74) is 11.5. The Hall–Kier alpha value is -3.52. The Balaban J connectivity index is 1.26. The van der Waals surface area contributed by atoms with Crippen LogP contribution in [0, 0.1) is 12.8 Å². The number of fused-ring (bicyclic) bond motifs is 1. The van der Waals surface area contributed by atoms with Gasteiger partial charge in [0, 0.05) is 36.3 Å². The lowest BCUT2D eigenvalue weighted by Gasteiger charge is -2.33. The minimum absolute atomic E-state index is 0.0372. The molecule has 0 spiro atoms. The first-order valence-electron chi connectivity index (χ1n) is 11.4. The number of benzene rings is 2. The van der Waals surface area contributed by atoms with Crippen molar-refractivity contribution in [2.45, 2.75) is 19.8 Å². The Morgan fingerprint density at radius 2 is 2.09 bits per heavy atom. The average molecular weight is 474 g/mol. The predicted molar refractivity (Wildman–Crippen MR) is 137 cm³/mol. The van der Waals surface area contributed by atoms with Crippen molar-refractivity contribution in [3.05, 3.63) is 77.5 Å². The quantitative estimate of drug-likeness (QED) is 0.523. The second kappa shape index (κ2) is 9.77. The number of ether oxygens (including phenoxy) is 1. The van der Waals surface area contributed by atoms with E-state index in [-0.39, 0.29) is 11.8 Å². The van der Waals surface area contributed by atoms with Crippen LogP contribution < -0.4 is 15.2 Å². The van der Waals surface area contributed by atoms with Gasteiger partial charge in [0.1, 0.15) is 11.6 Å². The van der Waals surface area contributed by atoms with Crippen LogP contribution in [0.3, 0.4) is 0 Å². The number of amidine groups is 1. The molecular weight excluding hydrogens is 446 g/mol. The Labute approximate surface area is 203 Å². The third-order valence-corrected chi connectivity index (χ3v) is 6.82. The zero-order chi connectivity index (χ0) is 23.5. The molecule has 3 heterocycles. The van der Waals surface area contributed by atoms with Crippen molar-refractivity contribution < 1.29 is 9.53 Å². The summed E-state index contributed by atoms with van der Waals surface area (Å²) in [6.45, 7) is 3.98. The molecular formula is C26H27N5O2S. The SMILES string of the molecule is Cc1ccc(-c2cc(C(=O)N3CCC[C@H](COc4cccc5c4C(N)=NSN5)C3)ccn2)cc1. The molecule has 34 heavy (non-hydrogen) atoms. The Morgan fingerprint density at radius 1 is 1.24 bits per heavy atom. The first-order chi connectivity index (χ1) is 16.6. The smallest absolute Gasteiger partial charge is 0.253 e. The third kappa shape index (κ3) is 4.72. The summed E-state index contributed by atoms with van der Waals surface area (Å²) in [5.74, 6) is 1.45. The highest BCUT2D eigenvalue weighted by Crippen LogP contribution is 2.33. The zero-order valence-electron chi connectivity index (χ0n) is 19.0. The van der Waals surface area contributed by atoms with E-state index < -0.39 is 0 Å². The molecule has 5 rings (SSSR count). The first-order valence-corrected chi connectivity index (χ1v) is 12.2. The molecule has 8 heteroatoms. The van der Waals surface area contributed by atoms with Gasteiger partial charge in [0.25, 0.3) is 5.91 Å². The normalized spacial score (nSPS) is 17.4. The lowest BCUT2D eigenvalue weighted by atomic mass is 9.98. The van der Waals surface area contributed by atoms with Gasteiger partial charge < -0.3 is 20.1 Å². The van der Waals surface area contributed by atoms with E-state index in [4.69, 9.17) is 10.5 Å².